The van der Waals surface area contributed by atoms with Crippen LogP contribution >= 0.6 is 0 Å². The normalized spacial score (nSPS) is 12.1. The minimum Gasteiger partial charge on any atom is -0.378 e. The number of nitrogens with one attached hydrogen (secondary N) is 1. The van der Waals surface area contributed by atoms with E-state index in [0.717, 1.165) is 23.2 Å². The largest absolute Gasteiger partial charge is 0.378 e. The van der Waals surface area contributed by atoms with E-state index in [4.69, 9.17) is 4.74 Å². The molecule has 0 aliphatic heterocycles. The van der Waals surface area contributed by atoms with Crippen LogP contribution in [0.25, 0.3) is 0 Å². The van der Waals surface area contributed by atoms with E-state index in [1.54, 1.807) is 12.1 Å². The number of anilines is 1. The second-order valence-corrected chi connectivity index (χ2v) is 4.95. The molecular weight excluding hydrogens is 265 g/mol. The molecule has 0 aliphatic carbocycles. The highest BCUT2D eigenvalue weighted by molar-refractivity contribution is 5.52. The lowest BCUT2D eigenvalue weighted by atomic mass is 10.0. The van der Waals surface area contributed by atoms with Crippen molar-refractivity contribution in [2.24, 2.45) is 0 Å². The summed E-state index contributed by atoms with van der Waals surface area (Å²) in [7, 11) is 0. The second kappa shape index (κ2) is 7.79. The van der Waals surface area contributed by atoms with Gasteiger partial charge in [0.15, 0.2) is 0 Å². The van der Waals surface area contributed by atoms with Gasteiger partial charge in [-0.3, -0.25) is 0 Å². The van der Waals surface area contributed by atoms with Gasteiger partial charge in [-0.1, -0.05) is 37.3 Å². The Bertz CT molecular complexity index is 571. The first-order valence-corrected chi connectivity index (χ1v) is 7.42. The lowest BCUT2D eigenvalue weighted by Crippen LogP contribution is -2.11. The third kappa shape index (κ3) is 4.30. The standard InChI is InChI=1S/C18H22FNO/c1-3-17(14-9-7-10-16(19)12-14)20-18-11-6-5-8-15(18)13-21-4-2/h5-12,17,20H,3-4,13H2,1-2H3. The first-order valence-electron chi connectivity index (χ1n) is 7.42. The van der Waals surface area contributed by atoms with E-state index in [1.807, 2.05) is 31.2 Å². The Balaban J connectivity index is 2.18. The van der Waals surface area contributed by atoms with Gasteiger partial charge in [-0.2, -0.15) is 0 Å². The highest BCUT2D eigenvalue weighted by Crippen LogP contribution is 2.25. The predicted octanol–water partition coefficient (Wildman–Crippen LogP) is 4.93. The number of halogens is 1. The molecule has 0 fully saturated rings. The molecule has 0 spiro atoms. The van der Waals surface area contributed by atoms with E-state index < -0.39 is 0 Å². The van der Waals surface area contributed by atoms with Crippen LogP contribution in [-0.4, -0.2) is 6.61 Å². The van der Waals surface area contributed by atoms with Crippen molar-refractivity contribution in [2.45, 2.75) is 32.9 Å². The molecule has 1 atom stereocenters. The molecular formula is C18H22FNO. The van der Waals surface area contributed by atoms with Crippen LogP contribution in [0.15, 0.2) is 48.5 Å². The molecule has 0 saturated heterocycles. The summed E-state index contributed by atoms with van der Waals surface area (Å²) in [6.07, 6.45) is 0.881. The van der Waals surface area contributed by atoms with Gasteiger partial charge in [-0.15, -0.1) is 0 Å². The van der Waals surface area contributed by atoms with Crippen molar-refractivity contribution in [3.05, 3.63) is 65.5 Å². The Morgan fingerprint density at radius 2 is 1.90 bits per heavy atom. The molecule has 2 nitrogen and oxygen atoms in total. The highest BCUT2D eigenvalue weighted by Gasteiger charge is 2.11. The van der Waals surface area contributed by atoms with E-state index in [-0.39, 0.29) is 11.9 Å². The van der Waals surface area contributed by atoms with Crippen LogP contribution in [0.3, 0.4) is 0 Å². The maximum atomic E-state index is 13.4. The fourth-order valence-electron chi connectivity index (χ4n) is 2.33. The fraction of sp³-hybridized carbons (Fsp3) is 0.333. The molecule has 2 aromatic rings. The lowest BCUT2D eigenvalue weighted by Gasteiger charge is -2.21. The Morgan fingerprint density at radius 1 is 1.10 bits per heavy atom. The van der Waals surface area contributed by atoms with Crippen LogP contribution in [-0.2, 0) is 11.3 Å². The van der Waals surface area contributed by atoms with Crippen LogP contribution < -0.4 is 5.32 Å². The van der Waals surface area contributed by atoms with Gasteiger partial charge in [-0.25, -0.2) is 4.39 Å². The van der Waals surface area contributed by atoms with Crippen molar-refractivity contribution in [2.75, 3.05) is 11.9 Å². The molecule has 3 heteroatoms. The van der Waals surface area contributed by atoms with Gasteiger partial charge < -0.3 is 10.1 Å². The third-order valence-electron chi connectivity index (χ3n) is 3.47. The smallest absolute Gasteiger partial charge is 0.123 e. The third-order valence-corrected chi connectivity index (χ3v) is 3.47. The minimum atomic E-state index is -0.199. The highest BCUT2D eigenvalue weighted by atomic mass is 19.1. The second-order valence-electron chi connectivity index (χ2n) is 4.95. The van der Waals surface area contributed by atoms with Crippen molar-refractivity contribution in [1.82, 2.24) is 0 Å². The Hall–Kier alpha value is -1.87. The molecule has 0 radical (unpaired) electrons. The number of hydrogen-bond acceptors (Lipinski definition) is 2. The molecule has 112 valence electrons. The number of ether oxygens (including phenoxy) is 1. The van der Waals surface area contributed by atoms with Gasteiger partial charge >= 0.3 is 0 Å². The zero-order valence-corrected chi connectivity index (χ0v) is 12.6. The molecule has 0 aliphatic rings. The van der Waals surface area contributed by atoms with Gasteiger partial charge in [0.2, 0.25) is 0 Å². The summed E-state index contributed by atoms with van der Waals surface area (Å²) in [6.45, 7) is 5.35. The fourth-order valence-corrected chi connectivity index (χ4v) is 2.33. The van der Waals surface area contributed by atoms with Gasteiger partial charge in [0.25, 0.3) is 0 Å². The van der Waals surface area contributed by atoms with Gasteiger partial charge in [0, 0.05) is 17.9 Å². The topological polar surface area (TPSA) is 21.3 Å². The summed E-state index contributed by atoms with van der Waals surface area (Å²) >= 11 is 0. The molecule has 1 N–H and O–H groups in total. The molecule has 2 aromatic carbocycles. The van der Waals surface area contributed by atoms with E-state index in [2.05, 4.69) is 18.3 Å². The van der Waals surface area contributed by atoms with Crippen molar-refractivity contribution >= 4 is 5.69 Å². The molecule has 0 heterocycles. The van der Waals surface area contributed by atoms with Crippen molar-refractivity contribution < 1.29 is 9.13 Å². The molecule has 0 amide bonds. The van der Waals surface area contributed by atoms with Crippen LogP contribution in [0.2, 0.25) is 0 Å². The monoisotopic (exact) mass is 287 g/mol. The van der Waals surface area contributed by atoms with Gasteiger partial charge in [0.1, 0.15) is 5.82 Å². The van der Waals surface area contributed by atoms with Crippen molar-refractivity contribution in [3.8, 4) is 0 Å². The average molecular weight is 287 g/mol. The summed E-state index contributed by atoms with van der Waals surface area (Å²) < 4.78 is 18.9. The van der Waals surface area contributed by atoms with Crippen molar-refractivity contribution in [3.63, 3.8) is 0 Å². The number of para-hydroxylation sites is 1. The number of hydrogen-bond donors (Lipinski definition) is 1. The van der Waals surface area contributed by atoms with Gasteiger partial charge in [0.05, 0.1) is 12.6 Å². The molecule has 1 unspecified atom stereocenters. The summed E-state index contributed by atoms with van der Waals surface area (Å²) in [5, 5.41) is 3.50. The van der Waals surface area contributed by atoms with Crippen LogP contribution in [0, 0.1) is 5.82 Å². The van der Waals surface area contributed by atoms with E-state index in [0.29, 0.717) is 13.2 Å². The van der Waals surface area contributed by atoms with E-state index >= 15 is 0 Å². The average Bonchev–Trinajstić information content (AvgIpc) is 2.51. The maximum Gasteiger partial charge on any atom is 0.123 e. The predicted molar refractivity (Wildman–Crippen MR) is 84.8 cm³/mol. The maximum absolute atomic E-state index is 13.4. The molecule has 0 bridgehead atoms. The summed E-state index contributed by atoms with van der Waals surface area (Å²) in [5.41, 5.74) is 3.12. The summed E-state index contributed by atoms with van der Waals surface area (Å²) in [6, 6.07) is 14.9. The molecule has 2 rings (SSSR count). The minimum absolute atomic E-state index is 0.0866. The zero-order chi connectivity index (χ0) is 15.1. The number of rotatable bonds is 7. The summed E-state index contributed by atoms with van der Waals surface area (Å²) in [5.74, 6) is -0.199. The van der Waals surface area contributed by atoms with Crippen molar-refractivity contribution in [1.29, 1.82) is 0 Å². The summed E-state index contributed by atoms with van der Waals surface area (Å²) in [4.78, 5) is 0. The molecule has 21 heavy (non-hydrogen) atoms. The first-order chi connectivity index (χ1) is 10.2. The molecule has 0 saturated carbocycles. The van der Waals surface area contributed by atoms with Crippen LogP contribution in [0.1, 0.15) is 37.4 Å². The Labute approximate surface area is 126 Å². The first kappa shape index (κ1) is 15.5. The zero-order valence-electron chi connectivity index (χ0n) is 12.6. The van der Waals surface area contributed by atoms with Crippen LogP contribution in [0.4, 0.5) is 10.1 Å². The van der Waals surface area contributed by atoms with E-state index in [9.17, 15) is 4.39 Å². The number of benzene rings is 2. The Kier molecular flexibility index (Phi) is 5.76. The Morgan fingerprint density at radius 3 is 2.62 bits per heavy atom. The lowest BCUT2D eigenvalue weighted by molar-refractivity contribution is 0.134. The quantitative estimate of drug-likeness (QED) is 0.780. The van der Waals surface area contributed by atoms with Gasteiger partial charge in [-0.05, 0) is 37.1 Å². The SMILES string of the molecule is CCOCc1ccccc1NC(CC)c1cccc(F)c1. The molecule has 0 aromatic heterocycles. The van der Waals surface area contributed by atoms with E-state index in [1.165, 1.54) is 6.07 Å². The van der Waals surface area contributed by atoms with Crippen LogP contribution in [0.5, 0.6) is 0 Å².